The number of nitrogens with zero attached hydrogens (tertiary/aromatic N) is 2. The lowest BCUT2D eigenvalue weighted by atomic mass is 9.98. The predicted octanol–water partition coefficient (Wildman–Crippen LogP) is 0.585. The van der Waals surface area contributed by atoms with Crippen molar-refractivity contribution in [3.05, 3.63) is 23.3 Å². The zero-order valence-electron chi connectivity index (χ0n) is 11.4. The highest BCUT2D eigenvalue weighted by Gasteiger charge is 2.42. The number of hydrogen-bond donors (Lipinski definition) is 1. The molecule has 2 aliphatic heterocycles. The number of fused-ring (bicyclic) bond motifs is 3. The van der Waals surface area contributed by atoms with Gasteiger partial charge in [0.2, 0.25) is 5.91 Å². The molecule has 1 saturated heterocycles. The Morgan fingerprint density at radius 1 is 1.26 bits per heavy atom. The summed E-state index contributed by atoms with van der Waals surface area (Å²) in [4.78, 5) is 27.9. The summed E-state index contributed by atoms with van der Waals surface area (Å²) < 4.78 is 0. The average Bonchev–Trinajstić information content (AvgIpc) is 2.39. The van der Waals surface area contributed by atoms with Crippen molar-refractivity contribution in [1.29, 1.82) is 0 Å². The molecule has 2 amide bonds. The summed E-state index contributed by atoms with van der Waals surface area (Å²) in [6, 6.07) is 3.49. The monoisotopic (exact) mass is 259 g/mol. The molecule has 5 heteroatoms. The molecule has 0 spiro atoms. The van der Waals surface area contributed by atoms with Crippen molar-refractivity contribution < 1.29 is 9.59 Å². The fourth-order valence-corrected chi connectivity index (χ4v) is 2.85. The summed E-state index contributed by atoms with van der Waals surface area (Å²) >= 11 is 0. The first kappa shape index (κ1) is 12.2. The molecule has 100 valence electrons. The first-order valence-electron chi connectivity index (χ1n) is 6.43. The summed E-state index contributed by atoms with van der Waals surface area (Å²) in [5, 5.41) is 3.01. The molecule has 1 N–H and O–H groups in total. The average molecular weight is 259 g/mol. The van der Waals surface area contributed by atoms with E-state index >= 15 is 0 Å². The molecule has 1 aromatic carbocycles. The molecule has 1 atom stereocenters. The molecule has 0 radical (unpaired) electrons. The van der Waals surface area contributed by atoms with Crippen LogP contribution in [0.5, 0.6) is 0 Å². The lowest BCUT2D eigenvalue weighted by Gasteiger charge is -2.43. The third kappa shape index (κ3) is 1.58. The second-order valence-electron chi connectivity index (χ2n) is 5.18. The van der Waals surface area contributed by atoms with Crippen LogP contribution in [-0.4, -0.2) is 38.0 Å². The standard InChI is InChI=1S/C14H17N3O2/c1-8-4-5-10-13(9(8)2)17-11(14(19)16(10)3)6-15-7-12(17)18/h4-5,11,15H,6-7H2,1-3H3. The van der Waals surface area contributed by atoms with Crippen molar-refractivity contribution in [2.75, 3.05) is 29.9 Å². The van der Waals surface area contributed by atoms with Crippen molar-refractivity contribution >= 4 is 23.2 Å². The fourth-order valence-electron chi connectivity index (χ4n) is 2.85. The number of carbonyl (C=O) groups excluding carboxylic acids is 2. The molecular formula is C14H17N3O2. The van der Waals surface area contributed by atoms with E-state index in [1.54, 1.807) is 16.8 Å². The second-order valence-corrected chi connectivity index (χ2v) is 5.18. The minimum atomic E-state index is -0.417. The smallest absolute Gasteiger partial charge is 0.251 e. The summed E-state index contributed by atoms with van der Waals surface area (Å²) in [5.41, 5.74) is 3.90. The van der Waals surface area contributed by atoms with E-state index < -0.39 is 6.04 Å². The SMILES string of the molecule is Cc1ccc2c(c1C)N1C(=O)CNCC1C(=O)N2C. The number of nitrogens with one attached hydrogen (secondary N) is 1. The van der Waals surface area contributed by atoms with Crippen LogP contribution in [0.4, 0.5) is 11.4 Å². The van der Waals surface area contributed by atoms with Crippen molar-refractivity contribution in [3.8, 4) is 0 Å². The number of benzene rings is 1. The molecule has 5 nitrogen and oxygen atoms in total. The van der Waals surface area contributed by atoms with E-state index in [-0.39, 0.29) is 11.8 Å². The van der Waals surface area contributed by atoms with Gasteiger partial charge in [-0.15, -0.1) is 0 Å². The van der Waals surface area contributed by atoms with Gasteiger partial charge in [-0.2, -0.15) is 0 Å². The number of likely N-dealkylation sites (N-methyl/N-ethyl adjacent to an activating group) is 1. The highest BCUT2D eigenvalue weighted by Crippen LogP contribution is 2.39. The lowest BCUT2D eigenvalue weighted by molar-refractivity contribution is -0.126. The van der Waals surface area contributed by atoms with E-state index in [4.69, 9.17) is 0 Å². The first-order chi connectivity index (χ1) is 9.02. The third-order valence-corrected chi connectivity index (χ3v) is 4.09. The van der Waals surface area contributed by atoms with Crippen molar-refractivity contribution in [2.45, 2.75) is 19.9 Å². The maximum atomic E-state index is 12.4. The Hall–Kier alpha value is -1.88. The van der Waals surface area contributed by atoms with Crippen LogP contribution in [0.15, 0.2) is 12.1 Å². The van der Waals surface area contributed by atoms with Gasteiger partial charge in [0, 0.05) is 13.6 Å². The number of rotatable bonds is 0. The van der Waals surface area contributed by atoms with Gasteiger partial charge < -0.3 is 10.2 Å². The molecule has 0 aliphatic carbocycles. The number of carbonyl (C=O) groups is 2. The molecule has 19 heavy (non-hydrogen) atoms. The maximum Gasteiger partial charge on any atom is 0.251 e. The normalized spacial score (nSPS) is 22.4. The molecule has 0 bridgehead atoms. The van der Waals surface area contributed by atoms with Crippen LogP contribution in [0.1, 0.15) is 11.1 Å². The van der Waals surface area contributed by atoms with E-state index in [0.29, 0.717) is 13.1 Å². The zero-order valence-corrected chi connectivity index (χ0v) is 11.4. The van der Waals surface area contributed by atoms with Crippen LogP contribution >= 0.6 is 0 Å². The fraction of sp³-hybridized carbons (Fsp3) is 0.429. The molecule has 2 heterocycles. The van der Waals surface area contributed by atoms with Gasteiger partial charge in [0.05, 0.1) is 17.9 Å². The van der Waals surface area contributed by atoms with Gasteiger partial charge >= 0.3 is 0 Å². The van der Waals surface area contributed by atoms with E-state index in [0.717, 1.165) is 22.5 Å². The molecule has 1 fully saturated rings. The summed E-state index contributed by atoms with van der Waals surface area (Å²) in [7, 11) is 1.77. The lowest BCUT2D eigenvalue weighted by Crippen LogP contribution is -2.63. The largest absolute Gasteiger partial charge is 0.312 e. The van der Waals surface area contributed by atoms with Gasteiger partial charge in [-0.05, 0) is 31.0 Å². The molecule has 1 aromatic rings. The van der Waals surface area contributed by atoms with Crippen LogP contribution < -0.4 is 15.1 Å². The van der Waals surface area contributed by atoms with Crippen molar-refractivity contribution in [2.24, 2.45) is 0 Å². The molecule has 1 unspecified atom stereocenters. The van der Waals surface area contributed by atoms with Gasteiger partial charge in [-0.1, -0.05) is 6.07 Å². The van der Waals surface area contributed by atoms with E-state index in [9.17, 15) is 9.59 Å². The Bertz CT molecular complexity index is 582. The molecule has 0 aromatic heterocycles. The van der Waals surface area contributed by atoms with Crippen LogP contribution in [-0.2, 0) is 9.59 Å². The van der Waals surface area contributed by atoms with Gasteiger partial charge in [0.15, 0.2) is 0 Å². The van der Waals surface area contributed by atoms with Crippen LogP contribution in [0.2, 0.25) is 0 Å². The Labute approximate surface area is 112 Å². The molecular weight excluding hydrogens is 242 g/mol. The van der Waals surface area contributed by atoms with Crippen molar-refractivity contribution in [3.63, 3.8) is 0 Å². The third-order valence-electron chi connectivity index (χ3n) is 4.09. The van der Waals surface area contributed by atoms with Crippen LogP contribution in [0.25, 0.3) is 0 Å². The van der Waals surface area contributed by atoms with Gasteiger partial charge in [0.1, 0.15) is 6.04 Å². The second kappa shape index (κ2) is 4.06. The van der Waals surface area contributed by atoms with Gasteiger partial charge in [-0.25, -0.2) is 0 Å². The topological polar surface area (TPSA) is 52.7 Å². The minimum absolute atomic E-state index is 0.0312. The number of hydrogen-bond acceptors (Lipinski definition) is 3. The van der Waals surface area contributed by atoms with Gasteiger partial charge in [-0.3, -0.25) is 14.5 Å². The maximum absolute atomic E-state index is 12.4. The summed E-state index contributed by atoms with van der Waals surface area (Å²) in [6.07, 6.45) is 0. The number of aryl methyl sites for hydroxylation is 1. The van der Waals surface area contributed by atoms with E-state index in [1.165, 1.54) is 0 Å². The number of piperazine rings is 1. The van der Waals surface area contributed by atoms with Crippen LogP contribution in [0.3, 0.4) is 0 Å². The minimum Gasteiger partial charge on any atom is -0.312 e. The number of amides is 2. The highest BCUT2D eigenvalue weighted by molar-refractivity contribution is 6.14. The quantitative estimate of drug-likeness (QED) is 0.741. The highest BCUT2D eigenvalue weighted by atomic mass is 16.2. The summed E-state index contributed by atoms with van der Waals surface area (Å²) in [6.45, 7) is 4.83. The van der Waals surface area contributed by atoms with E-state index in [2.05, 4.69) is 5.32 Å². The van der Waals surface area contributed by atoms with Crippen LogP contribution in [0, 0.1) is 13.8 Å². The summed E-state index contributed by atoms with van der Waals surface area (Å²) in [5.74, 6) is -0.0658. The molecule has 0 saturated carbocycles. The Kier molecular flexibility index (Phi) is 2.60. The Morgan fingerprint density at radius 2 is 2.00 bits per heavy atom. The Balaban J connectivity index is 2.25. The number of anilines is 2. The van der Waals surface area contributed by atoms with Crippen molar-refractivity contribution in [1.82, 2.24) is 5.32 Å². The van der Waals surface area contributed by atoms with E-state index in [1.807, 2.05) is 26.0 Å². The first-order valence-corrected chi connectivity index (χ1v) is 6.43. The molecule has 3 rings (SSSR count). The predicted molar refractivity (Wildman–Crippen MR) is 73.5 cm³/mol. The molecule has 2 aliphatic rings. The zero-order chi connectivity index (χ0) is 13.7. The Morgan fingerprint density at radius 3 is 2.74 bits per heavy atom. The van der Waals surface area contributed by atoms with Gasteiger partial charge in [0.25, 0.3) is 5.91 Å².